The van der Waals surface area contributed by atoms with Crippen LogP contribution in [-0.4, -0.2) is 69.3 Å². The van der Waals surface area contributed by atoms with Crippen LogP contribution in [0, 0.1) is 22.5 Å². The first-order chi connectivity index (χ1) is 19.8. The van der Waals surface area contributed by atoms with Crippen LogP contribution in [0.25, 0.3) is 10.9 Å². The number of hydrogen-bond donors (Lipinski definition) is 2. The third-order valence-corrected chi connectivity index (χ3v) is 6.77. The monoisotopic (exact) mass is 643 g/mol. The van der Waals surface area contributed by atoms with Crippen LogP contribution in [0.5, 0.6) is 0 Å². The minimum atomic E-state index is -4.75. The van der Waals surface area contributed by atoms with Gasteiger partial charge in [-0.05, 0) is 56.2 Å². The number of hydrogen-bond acceptors (Lipinski definition) is 8. The number of quaternary nitrogens is 1. The second-order valence-electron chi connectivity index (χ2n) is 9.86. The molecule has 0 bridgehead atoms. The van der Waals surface area contributed by atoms with Gasteiger partial charge in [0, 0.05) is 27.2 Å². The lowest BCUT2D eigenvalue weighted by atomic mass is 10.1. The first-order valence-electron chi connectivity index (χ1n) is 12.2. The van der Waals surface area contributed by atoms with Gasteiger partial charge in [-0.2, -0.15) is 13.2 Å². The second kappa shape index (κ2) is 12.0. The van der Waals surface area contributed by atoms with E-state index < -0.39 is 35.0 Å². The van der Waals surface area contributed by atoms with E-state index in [1.165, 1.54) is 24.7 Å². The first-order valence-corrected chi connectivity index (χ1v) is 13.0. The summed E-state index contributed by atoms with van der Waals surface area (Å²) in [6.45, 7) is 0.137. The molecule has 216 valence electrons. The van der Waals surface area contributed by atoms with Gasteiger partial charge in [0.1, 0.15) is 24.5 Å². The number of benzene rings is 1. The normalized spacial score (nSPS) is 13.8. The topological polar surface area (TPSA) is 135 Å². The maximum atomic E-state index is 13.1. The first kappa shape index (κ1) is 30.3. The van der Waals surface area contributed by atoms with Crippen LogP contribution in [0.15, 0.2) is 69.8 Å². The number of alkyl halides is 3. The summed E-state index contributed by atoms with van der Waals surface area (Å²) in [6.07, 6.45) is 5.79. The Morgan fingerprint density at radius 2 is 2.02 bits per heavy atom. The van der Waals surface area contributed by atoms with E-state index in [-0.39, 0.29) is 29.0 Å². The Kier molecular flexibility index (Phi) is 8.69. The highest BCUT2D eigenvalue weighted by Gasteiger charge is 2.47. The summed E-state index contributed by atoms with van der Waals surface area (Å²) in [4.78, 5) is 38.8. The predicted octanol–water partition coefficient (Wildman–Crippen LogP) is 4.98. The van der Waals surface area contributed by atoms with E-state index in [4.69, 9.17) is 6.42 Å². The van der Waals surface area contributed by atoms with Crippen LogP contribution in [0.4, 0.5) is 30.5 Å². The number of pyridine rings is 1. The number of nitrogens with one attached hydrogen (secondary N) is 2. The van der Waals surface area contributed by atoms with E-state index in [1.54, 1.807) is 32.3 Å². The lowest BCUT2D eigenvalue weighted by Gasteiger charge is -2.28. The van der Waals surface area contributed by atoms with Crippen molar-refractivity contribution in [3.63, 3.8) is 0 Å². The molecule has 0 aliphatic carbocycles. The molecule has 0 radical (unpaired) electrons. The number of carbonyl (C=O) groups is 1. The number of amides is 1. The van der Waals surface area contributed by atoms with Crippen molar-refractivity contribution in [3.05, 3.63) is 80.5 Å². The minimum absolute atomic E-state index is 0.0270. The van der Waals surface area contributed by atoms with Crippen molar-refractivity contribution in [1.29, 1.82) is 0 Å². The van der Waals surface area contributed by atoms with Crippen molar-refractivity contribution in [2.45, 2.75) is 12.6 Å². The van der Waals surface area contributed by atoms with Crippen molar-refractivity contribution in [3.8, 4) is 12.3 Å². The third kappa shape index (κ3) is 7.33. The molecule has 0 spiro atoms. The molecule has 15 heteroatoms. The Morgan fingerprint density at radius 3 is 2.71 bits per heavy atom. The van der Waals surface area contributed by atoms with Gasteiger partial charge in [-0.25, -0.2) is 15.0 Å². The highest BCUT2D eigenvalue weighted by molar-refractivity contribution is 9.10. The van der Waals surface area contributed by atoms with Gasteiger partial charge >= 0.3 is 12.0 Å². The quantitative estimate of drug-likeness (QED) is 0.110. The molecule has 1 aromatic carbocycles. The number of terminal acetylenes is 1. The maximum absolute atomic E-state index is 13.1. The largest absolute Gasteiger partial charge is 0.454 e. The summed E-state index contributed by atoms with van der Waals surface area (Å²) in [5.41, 5.74) is 0.652. The standard InChI is InChI=1S/C27H22BrF3N8O3/c1-4-16-10-18(7-8-20(16)28)35-25-19-12-23(32-13-21(19)33-15-34-25)37-24(40)6-5-9-39(2,3)14-17-11-22(27(29,30)31)36-26(17)38(41)42/h1,5-8,10,12-13,15H,9,11,14H2,2-3H3,(H-,32,33,34,35,37,40)/p+1/b6-5+. The summed E-state index contributed by atoms with van der Waals surface area (Å²) in [7, 11) is 3.35. The molecule has 3 heterocycles. The van der Waals surface area contributed by atoms with Crippen LogP contribution < -0.4 is 10.6 Å². The molecule has 0 atom stereocenters. The maximum Gasteiger partial charge on any atom is 0.454 e. The van der Waals surface area contributed by atoms with Crippen LogP contribution in [0.3, 0.4) is 0 Å². The molecule has 1 aliphatic rings. The number of nitro groups is 1. The fourth-order valence-electron chi connectivity index (χ4n) is 4.16. The molecular weight excluding hydrogens is 621 g/mol. The Morgan fingerprint density at radius 1 is 1.26 bits per heavy atom. The van der Waals surface area contributed by atoms with E-state index in [0.717, 1.165) is 4.47 Å². The number of carbonyl (C=O) groups excluding carboxylic acids is 1. The summed E-state index contributed by atoms with van der Waals surface area (Å²) in [6, 6.07) is 7.00. The van der Waals surface area contributed by atoms with E-state index in [0.29, 0.717) is 28.0 Å². The zero-order chi connectivity index (χ0) is 30.7. The molecule has 0 fully saturated rings. The molecule has 3 aromatic rings. The van der Waals surface area contributed by atoms with E-state index in [2.05, 4.69) is 52.4 Å². The fraction of sp³-hybridized carbons (Fsp3) is 0.222. The van der Waals surface area contributed by atoms with Gasteiger partial charge < -0.3 is 25.2 Å². The van der Waals surface area contributed by atoms with Crippen molar-refractivity contribution in [2.75, 3.05) is 37.8 Å². The van der Waals surface area contributed by atoms with Crippen molar-refractivity contribution in [1.82, 2.24) is 15.0 Å². The highest BCUT2D eigenvalue weighted by Crippen LogP contribution is 2.31. The smallest absolute Gasteiger partial charge is 0.358 e. The third-order valence-electron chi connectivity index (χ3n) is 6.08. The van der Waals surface area contributed by atoms with Crippen LogP contribution in [0.2, 0.25) is 0 Å². The van der Waals surface area contributed by atoms with E-state index in [9.17, 15) is 28.1 Å². The highest BCUT2D eigenvalue weighted by atomic mass is 79.9. The zero-order valence-corrected chi connectivity index (χ0v) is 23.8. The van der Waals surface area contributed by atoms with Gasteiger partial charge in [0.25, 0.3) is 0 Å². The number of aromatic nitrogens is 3. The van der Waals surface area contributed by atoms with Gasteiger partial charge in [0.05, 0.1) is 44.3 Å². The molecule has 0 saturated heterocycles. The lowest BCUT2D eigenvalue weighted by Crippen LogP contribution is -2.42. The average Bonchev–Trinajstić information content (AvgIpc) is 3.34. The van der Waals surface area contributed by atoms with Gasteiger partial charge in [0.15, 0.2) is 0 Å². The van der Waals surface area contributed by atoms with E-state index >= 15 is 0 Å². The number of rotatable bonds is 9. The van der Waals surface area contributed by atoms with Gasteiger partial charge in [-0.1, -0.05) is 5.92 Å². The minimum Gasteiger partial charge on any atom is -0.358 e. The van der Waals surface area contributed by atoms with Crippen molar-refractivity contribution < 1.29 is 27.4 Å². The number of aliphatic imine (C=N–C) groups is 1. The Balaban J connectivity index is 1.42. The van der Waals surface area contributed by atoms with Crippen LogP contribution in [0.1, 0.15) is 12.0 Å². The number of halogens is 4. The Hall–Kier alpha value is -4.68. The number of nitrogens with zero attached hydrogens (tertiary/aromatic N) is 6. The predicted molar refractivity (Wildman–Crippen MR) is 154 cm³/mol. The SMILES string of the molecule is C#Cc1cc(Nc2ncnc3cnc(NC(=O)/C=C/C[N+](C)(C)CC4=C([N+](=O)[O-])N=C(C(F)(F)F)C4)cc23)ccc1Br. The summed E-state index contributed by atoms with van der Waals surface area (Å²) >= 11 is 3.39. The average molecular weight is 644 g/mol. The molecule has 0 saturated carbocycles. The molecule has 4 rings (SSSR count). The molecule has 11 nitrogen and oxygen atoms in total. The molecule has 2 aromatic heterocycles. The molecular formula is C27H23BrF3N8O3+. The lowest BCUT2D eigenvalue weighted by molar-refractivity contribution is -0.880. The second-order valence-corrected chi connectivity index (χ2v) is 10.7. The van der Waals surface area contributed by atoms with Crippen molar-refractivity contribution in [2.24, 2.45) is 4.99 Å². The fourth-order valence-corrected chi connectivity index (χ4v) is 4.52. The van der Waals surface area contributed by atoms with Gasteiger partial charge in [0.2, 0.25) is 11.6 Å². The van der Waals surface area contributed by atoms with Crippen molar-refractivity contribution >= 4 is 55.8 Å². The van der Waals surface area contributed by atoms with E-state index in [1.807, 2.05) is 6.07 Å². The zero-order valence-electron chi connectivity index (χ0n) is 22.2. The molecule has 0 unspecified atom stereocenters. The molecule has 2 N–H and O–H groups in total. The number of fused-ring (bicyclic) bond motifs is 1. The van der Waals surface area contributed by atoms with Gasteiger partial charge in [-0.3, -0.25) is 4.79 Å². The molecule has 1 amide bonds. The van der Waals surface area contributed by atoms with Crippen LogP contribution in [-0.2, 0) is 4.79 Å². The Bertz CT molecular complexity index is 1710. The summed E-state index contributed by atoms with van der Waals surface area (Å²) in [5, 5.41) is 17.7. The van der Waals surface area contributed by atoms with Crippen LogP contribution >= 0.6 is 15.9 Å². The summed E-state index contributed by atoms with van der Waals surface area (Å²) < 4.78 is 40.0. The van der Waals surface area contributed by atoms with Gasteiger partial charge in [-0.15, -0.1) is 6.42 Å². The Labute approximate surface area is 246 Å². The number of anilines is 3. The summed E-state index contributed by atoms with van der Waals surface area (Å²) in [5.74, 6) is 1.99. The molecule has 42 heavy (non-hydrogen) atoms. The molecule has 1 aliphatic heterocycles. The number of likely N-dealkylation sites (N-methyl/N-ethyl adjacent to an activating group) is 1.